The number of nitrogens with two attached hydrogens (primary N) is 1. The highest BCUT2D eigenvalue weighted by atomic mass is 19.2. The van der Waals surface area contributed by atoms with Gasteiger partial charge in [-0.1, -0.05) is 0 Å². The SMILES string of the molecule is COc1c2n(cc(C(=O)NCc3c(F)cc(F)cc3F)c1=O)C[C@H]1O[C@@H]3CC[C@@H](C3)N1C2=O.COc1c2n(cc(C(=O)O)c1=O)C[C@H]1O[C@@H]3CC[C@@H](C3)N1C2=O.NCc1c(F)cc(F)cc1F. The van der Waals surface area contributed by atoms with Crippen molar-refractivity contribution < 1.29 is 69.6 Å². The number of aromatic nitrogens is 2. The summed E-state index contributed by atoms with van der Waals surface area (Å²) in [4.78, 5) is 78.7. The third kappa shape index (κ3) is 8.61. The van der Waals surface area contributed by atoms with Crippen molar-refractivity contribution in [3.05, 3.63) is 126 Å². The molecular formula is C44H42F6N6O11. The van der Waals surface area contributed by atoms with Gasteiger partial charge in [-0.2, -0.15) is 0 Å². The third-order valence-corrected chi connectivity index (χ3v) is 12.6. The molecule has 6 atom stereocenters. The number of nitrogens with zero attached hydrogens (tertiary/aromatic N) is 4. The van der Waals surface area contributed by atoms with Gasteiger partial charge in [-0.05, 0) is 38.5 Å². The second-order valence-electron chi connectivity index (χ2n) is 16.5. The average Bonchev–Trinajstić information content (AvgIpc) is 3.84. The topological polar surface area (TPSA) is 214 Å². The van der Waals surface area contributed by atoms with Gasteiger partial charge in [-0.15, -0.1) is 0 Å². The van der Waals surface area contributed by atoms with E-state index in [-0.39, 0.29) is 77.3 Å². The Morgan fingerprint density at radius 1 is 0.687 bits per heavy atom. The molecule has 4 fully saturated rings. The number of amides is 3. The fourth-order valence-electron chi connectivity index (χ4n) is 9.54. The monoisotopic (exact) mass is 944 g/mol. The molecule has 6 heterocycles. The minimum Gasteiger partial charge on any atom is -0.491 e. The van der Waals surface area contributed by atoms with Gasteiger partial charge in [-0.25, -0.2) is 31.1 Å². The Bertz CT molecular complexity index is 2780. The number of aromatic carboxylic acids is 1. The van der Waals surface area contributed by atoms with Crippen LogP contribution in [0.3, 0.4) is 0 Å². The highest BCUT2D eigenvalue weighted by molar-refractivity contribution is 6.00. The van der Waals surface area contributed by atoms with E-state index in [2.05, 4.69) is 5.32 Å². The number of ether oxygens (including phenoxy) is 4. The van der Waals surface area contributed by atoms with Crippen molar-refractivity contribution in [2.45, 2.75) is 101 Å². The van der Waals surface area contributed by atoms with Gasteiger partial charge in [0, 0.05) is 73.0 Å². The number of pyridine rings is 2. The van der Waals surface area contributed by atoms with E-state index in [9.17, 15) is 60.2 Å². The quantitative estimate of drug-likeness (QED) is 0.226. The Hall–Kier alpha value is -6.72. The number of fused-ring (bicyclic) bond motifs is 10. The first-order valence-corrected chi connectivity index (χ1v) is 21.0. The van der Waals surface area contributed by atoms with E-state index in [1.165, 1.54) is 35.7 Å². The number of hydrogen-bond acceptors (Lipinski definition) is 11. The number of carbonyl (C=O) groups excluding carboxylic acids is 3. The molecule has 356 valence electrons. The zero-order valence-electron chi connectivity index (χ0n) is 35.7. The van der Waals surface area contributed by atoms with Crippen LogP contribution in [-0.4, -0.2) is 98.7 Å². The lowest BCUT2D eigenvalue weighted by molar-refractivity contribution is -0.132. The molecule has 4 aromatic rings. The fraction of sp³-hybridized carbons (Fsp3) is 0.409. The Kier molecular flexibility index (Phi) is 12.9. The number of rotatable bonds is 7. The van der Waals surface area contributed by atoms with Crippen molar-refractivity contribution in [2.24, 2.45) is 5.73 Å². The Labute approximate surface area is 375 Å². The van der Waals surface area contributed by atoms with Gasteiger partial charge in [0.1, 0.15) is 46.0 Å². The molecule has 2 aromatic heterocycles. The van der Waals surface area contributed by atoms with Gasteiger partial charge in [-0.3, -0.25) is 24.0 Å². The van der Waals surface area contributed by atoms with Crippen molar-refractivity contribution in [1.29, 1.82) is 0 Å². The predicted molar refractivity (Wildman–Crippen MR) is 218 cm³/mol. The number of methoxy groups -OCH3 is 2. The first kappa shape index (κ1) is 46.8. The molecule has 6 aliphatic rings. The van der Waals surface area contributed by atoms with Gasteiger partial charge < -0.3 is 54.0 Å². The van der Waals surface area contributed by atoms with Crippen LogP contribution in [0.2, 0.25) is 0 Å². The zero-order valence-corrected chi connectivity index (χ0v) is 35.7. The number of halogens is 6. The van der Waals surface area contributed by atoms with Crippen LogP contribution in [0.1, 0.15) is 91.3 Å². The summed E-state index contributed by atoms with van der Waals surface area (Å²) in [6.07, 6.45) is 6.70. The highest BCUT2D eigenvalue weighted by Gasteiger charge is 2.49. The van der Waals surface area contributed by atoms with Crippen LogP contribution in [-0.2, 0) is 35.7 Å². The molecule has 3 amide bonds. The van der Waals surface area contributed by atoms with Crippen LogP contribution >= 0.6 is 0 Å². The summed E-state index contributed by atoms with van der Waals surface area (Å²) >= 11 is 0. The van der Waals surface area contributed by atoms with Crippen molar-refractivity contribution in [3.8, 4) is 11.5 Å². The summed E-state index contributed by atoms with van der Waals surface area (Å²) in [5.41, 5.74) is 1.92. The van der Waals surface area contributed by atoms with E-state index in [0.29, 0.717) is 30.8 Å². The lowest BCUT2D eigenvalue weighted by Crippen LogP contribution is -2.57. The van der Waals surface area contributed by atoms with Gasteiger partial charge in [0.05, 0.1) is 39.5 Å². The molecule has 4 bridgehead atoms. The van der Waals surface area contributed by atoms with Gasteiger partial charge in [0.2, 0.25) is 10.9 Å². The Morgan fingerprint density at radius 3 is 1.52 bits per heavy atom. The molecule has 67 heavy (non-hydrogen) atoms. The molecule has 4 aliphatic heterocycles. The second kappa shape index (κ2) is 18.5. The summed E-state index contributed by atoms with van der Waals surface area (Å²) in [5.74, 6) is -9.74. The van der Waals surface area contributed by atoms with Crippen molar-refractivity contribution in [2.75, 3.05) is 14.2 Å². The summed E-state index contributed by atoms with van der Waals surface area (Å²) in [6, 6.07) is 2.33. The summed E-state index contributed by atoms with van der Waals surface area (Å²) in [7, 11) is 2.49. The maximum atomic E-state index is 13.9. The fourth-order valence-corrected chi connectivity index (χ4v) is 9.54. The molecular weight excluding hydrogens is 903 g/mol. The number of carboxylic acid groups (broad SMARTS) is 1. The van der Waals surface area contributed by atoms with Crippen LogP contribution in [0.25, 0.3) is 0 Å². The molecule has 2 saturated heterocycles. The van der Waals surface area contributed by atoms with E-state index < -0.39 is 93.7 Å². The molecule has 10 rings (SSSR count). The molecule has 0 spiro atoms. The maximum absolute atomic E-state index is 13.9. The van der Waals surface area contributed by atoms with Crippen LogP contribution in [0.4, 0.5) is 26.3 Å². The highest BCUT2D eigenvalue weighted by Crippen LogP contribution is 2.40. The van der Waals surface area contributed by atoms with E-state index in [1.807, 2.05) is 0 Å². The number of benzene rings is 2. The minimum absolute atomic E-state index is 0.0262. The summed E-state index contributed by atoms with van der Waals surface area (Å²) < 4.78 is 103. The molecule has 17 nitrogen and oxygen atoms in total. The van der Waals surface area contributed by atoms with Crippen molar-refractivity contribution in [1.82, 2.24) is 24.3 Å². The standard InChI is InChI=1S/C22H20F3N3O5.C15H16N2O6.C7H6F3N/c1-32-20-18-22(31)28-11-2-3-12(6-11)33-17(28)9-27(18)8-14(19(20)29)21(30)26-7-13-15(24)4-10(23)5-16(13)25;1-22-13-11-14(19)17-7-2-3-8(4-7)23-10(17)6-16(11)5-9(12(13)18)15(20)21;8-4-1-6(9)5(3-11)7(10)2-4/h4-5,8,11-12,17H,2-3,6-7,9H2,1H3,(H,26,30);5,7-8,10H,2-4,6H2,1H3,(H,20,21);1-2H,3,11H2/t11-,12+,17+;7-,8+,10+;/m00./s1. The smallest absolute Gasteiger partial charge is 0.341 e. The van der Waals surface area contributed by atoms with Crippen LogP contribution in [0.5, 0.6) is 11.5 Å². The first-order chi connectivity index (χ1) is 31.9. The molecule has 4 N–H and O–H groups in total. The van der Waals surface area contributed by atoms with E-state index in [4.69, 9.17) is 24.7 Å². The number of carbonyl (C=O) groups is 4. The van der Waals surface area contributed by atoms with Gasteiger partial charge in [0.15, 0.2) is 35.3 Å². The van der Waals surface area contributed by atoms with Crippen LogP contribution in [0, 0.1) is 34.9 Å². The second-order valence-corrected chi connectivity index (χ2v) is 16.5. The first-order valence-electron chi connectivity index (χ1n) is 21.0. The average molecular weight is 945 g/mol. The minimum atomic E-state index is -1.34. The zero-order chi connectivity index (χ0) is 48.2. The molecule has 2 saturated carbocycles. The number of nitrogens with one attached hydrogen (secondary N) is 1. The van der Waals surface area contributed by atoms with E-state index >= 15 is 0 Å². The Morgan fingerprint density at radius 2 is 1.10 bits per heavy atom. The summed E-state index contributed by atoms with van der Waals surface area (Å²) in [6.45, 7) is -0.378. The maximum Gasteiger partial charge on any atom is 0.341 e. The predicted octanol–water partition coefficient (Wildman–Crippen LogP) is 3.79. The Balaban J connectivity index is 0.000000154. The largest absolute Gasteiger partial charge is 0.491 e. The molecule has 2 aliphatic carbocycles. The number of carboxylic acids is 1. The third-order valence-electron chi connectivity index (χ3n) is 12.6. The number of hydrogen-bond donors (Lipinski definition) is 3. The lowest BCUT2D eigenvalue weighted by Gasteiger charge is -2.44. The van der Waals surface area contributed by atoms with Crippen molar-refractivity contribution in [3.63, 3.8) is 0 Å². The van der Waals surface area contributed by atoms with Crippen LogP contribution in [0.15, 0.2) is 46.2 Å². The molecule has 0 radical (unpaired) electrons. The molecule has 2 aromatic carbocycles. The lowest BCUT2D eigenvalue weighted by atomic mass is 10.1. The van der Waals surface area contributed by atoms with Crippen LogP contribution < -0.4 is 31.4 Å². The normalized spacial score (nSPS) is 22.8. The molecule has 23 heteroatoms. The van der Waals surface area contributed by atoms with Gasteiger partial charge >= 0.3 is 5.97 Å². The summed E-state index contributed by atoms with van der Waals surface area (Å²) in [5, 5.41) is 11.5. The van der Waals surface area contributed by atoms with E-state index in [0.717, 1.165) is 38.5 Å². The molecule has 0 unspecified atom stereocenters. The van der Waals surface area contributed by atoms with Crippen molar-refractivity contribution >= 4 is 23.7 Å². The van der Waals surface area contributed by atoms with E-state index in [1.54, 1.807) is 9.80 Å². The van der Waals surface area contributed by atoms with Gasteiger partial charge in [0.25, 0.3) is 17.7 Å².